The van der Waals surface area contributed by atoms with Crippen LogP contribution in [0.3, 0.4) is 0 Å². The Morgan fingerprint density at radius 3 is 2.62 bits per heavy atom. The minimum absolute atomic E-state index is 0.168. The standard InChI is InChI=1S/C17H34N2O2/c1-16(2,3)18-12-17(8-5-10-21-14-17)13-19(9-11-20-4)15-6-7-15/h15,18H,5-14H2,1-4H3. The molecule has 0 radical (unpaired) electrons. The van der Waals surface area contributed by atoms with Gasteiger partial charge in [-0.2, -0.15) is 0 Å². The zero-order valence-electron chi connectivity index (χ0n) is 14.4. The van der Waals surface area contributed by atoms with E-state index in [2.05, 4.69) is 31.0 Å². The summed E-state index contributed by atoms with van der Waals surface area (Å²) in [6, 6.07) is 0.786. The van der Waals surface area contributed by atoms with E-state index in [1.54, 1.807) is 7.11 Å². The lowest BCUT2D eigenvalue weighted by Crippen LogP contribution is -2.53. The number of methoxy groups -OCH3 is 1. The van der Waals surface area contributed by atoms with Crippen molar-refractivity contribution in [2.24, 2.45) is 5.41 Å². The molecule has 0 aromatic heterocycles. The van der Waals surface area contributed by atoms with Crippen molar-refractivity contribution in [3.8, 4) is 0 Å². The topological polar surface area (TPSA) is 33.7 Å². The highest BCUT2D eigenvalue weighted by Gasteiger charge is 2.39. The molecule has 0 aromatic carbocycles. The van der Waals surface area contributed by atoms with Gasteiger partial charge in [0.05, 0.1) is 13.2 Å². The predicted molar refractivity (Wildman–Crippen MR) is 86.7 cm³/mol. The first-order valence-corrected chi connectivity index (χ1v) is 8.50. The molecule has 4 heteroatoms. The van der Waals surface area contributed by atoms with Crippen LogP contribution >= 0.6 is 0 Å². The molecule has 2 fully saturated rings. The third kappa shape index (κ3) is 5.85. The van der Waals surface area contributed by atoms with E-state index in [0.29, 0.717) is 0 Å². The molecular formula is C17H34N2O2. The molecule has 21 heavy (non-hydrogen) atoms. The van der Waals surface area contributed by atoms with Gasteiger partial charge in [0.2, 0.25) is 0 Å². The molecule has 1 unspecified atom stereocenters. The van der Waals surface area contributed by atoms with Crippen LogP contribution < -0.4 is 5.32 Å². The van der Waals surface area contributed by atoms with Crippen LogP contribution in [0, 0.1) is 5.41 Å². The normalized spacial score (nSPS) is 27.3. The first kappa shape index (κ1) is 17.2. The fraction of sp³-hybridized carbons (Fsp3) is 1.00. The van der Waals surface area contributed by atoms with Crippen LogP contribution in [-0.2, 0) is 9.47 Å². The molecule has 124 valence electrons. The van der Waals surface area contributed by atoms with Crippen LogP contribution in [0.5, 0.6) is 0 Å². The van der Waals surface area contributed by atoms with Gasteiger partial charge in [0.25, 0.3) is 0 Å². The van der Waals surface area contributed by atoms with Crippen molar-refractivity contribution < 1.29 is 9.47 Å². The second-order valence-electron chi connectivity index (χ2n) is 7.95. The van der Waals surface area contributed by atoms with Gasteiger partial charge >= 0.3 is 0 Å². The van der Waals surface area contributed by atoms with Gasteiger partial charge in [-0.05, 0) is 46.5 Å². The maximum absolute atomic E-state index is 5.86. The van der Waals surface area contributed by atoms with E-state index in [-0.39, 0.29) is 11.0 Å². The van der Waals surface area contributed by atoms with Crippen LogP contribution in [0.15, 0.2) is 0 Å². The fourth-order valence-corrected chi connectivity index (χ4v) is 3.15. The molecule has 1 N–H and O–H groups in total. The summed E-state index contributed by atoms with van der Waals surface area (Å²) >= 11 is 0. The van der Waals surface area contributed by atoms with E-state index in [0.717, 1.165) is 45.5 Å². The maximum Gasteiger partial charge on any atom is 0.0589 e. The van der Waals surface area contributed by atoms with Crippen LogP contribution in [0.1, 0.15) is 46.5 Å². The van der Waals surface area contributed by atoms with Gasteiger partial charge in [0.1, 0.15) is 0 Å². The third-order valence-corrected chi connectivity index (χ3v) is 4.58. The lowest BCUT2D eigenvalue weighted by molar-refractivity contribution is -0.0328. The Morgan fingerprint density at radius 1 is 1.33 bits per heavy atom. The summed E-state index contributed by atoms with van der Waals surface area (Å²) in [5.74, 6) is 0. The summed E-state index contributed by atoms with van der Waals surface area (Å²) in [6.45, 7) is 12.6. The molecule has 0 bridgehead atoms. The summed E-state index contributed by atoms with van der Waals surface area (Å²) in [7, 11) is 1.80. The molecule has 1 saturated carbocycles. The second-order valence-corrected chi connectivity index (χ2v) is 7.95. The van der Waals surface area contributed by atoms with E-state index < -0.39 is 0 Å². The number of nitrogens with one attached hydrogen (secondary N) is 1. The van der Waals surface area contributed by atoms with Gasteiger partial charge in [-0.25, -0.2) is 0 Å². The summed E-state index contributed by atoms with van der Waals surface area (Å²) in [5.41, 5.74) is 0.434. The molecule has 2 rings (SSSR count). The van der Waals surface area contributed by atoms with Gasteiger partial charge < -0.3 is 14.8 Å². The van der Waals surface area contributed by atoms with Crippen molar-refractivity contribution in [1.82, 2.24) is 10.2 Å². The van der Waals surface area contributed by atoms with Gasteiger partial charge in [0.15, 0.2) is 0 Å². The van der Waals surface area contributed by atoms with Gasteiger partial charge in [0, 0.05) is 50.3 Å². The smallest absolute Gasteiger partial charge is 0.0589 e. The number of ether oxygens (including phenoxy) is 2. The van der Waals surface area contributed by atoms with Gasteiger partial charge in [-0.3, -0.25) is 4.90 Å². The molecule has 1 heterocycles. The second kappa shape index (κ2) is 7.40. The average molecular weight is 298 g/mol. The highest BCUT2D eigenvalue weighted by molar-refractivity contribution is 4.93. The van der Waals surface area contributed by atoms with Gasteiger partial charge in [-0.15, -0.1) is 0 Å². The van der Waals surface area contributed by atoms with E-state index >= 15 is 0 Å². The highest BCUT2D eigenvalue weighted by atomic mass is 16.5. The van der Waals surface area contributed by atoms with Crippen molar-refractivity contribution >= 4 is 0 Å². The summed E-state index contributed by atoms with van der Waals surface area (Å²) in [5, 5.41) is 3.72. The third-order valence-electron chi connectivity index (χ3n) is 4.58. The Bertz CT molecular complexity index is 304. The number of nitrogens with zero attached hydrogens (tertiary/aromatic N) is 1. The summed E-state index contributed by atoms with van der Waals surface area (Å²) in [4.78, 5) is 2.64. The van der Waals surface area contributed by atoms with Crippen molar-refractivity contribution in [2.45, 2.75) is 58.0 Å². The van der Waals surface area contributed by atoms with Crippen LogP contribution in [-0.4, -0.2) is 63.0 Å². The van der Waals surface area contributed by atoms with E-state index in [1.807, 2.05) is 0 Å². The summed E-state index contributed by atoms with van der Waals surface area (Å²) < 4.78 is 11.2. The molecule has 0 spiro atoms. The molecule has 4 nitrogen and oxygen atoms in total. The van der Waals surface area contributed by atoms with E-state index in [9.17, 15) is 0 Å². The average Bonchev–Trinajstić information content (AvgIpc) is 3.26. The Morgan fingerprint density at radius 2 is 2.10 bits per heavy atom. The molecule has 1 aliphatic carbocycles. The number of rotatable bonds is 8. The molecule has 1 atom stereocenters. The lowest BCUT2D eigenvalue weighted by Gasteiger charge is -2.42. The van der Waals surface area contributed by atoms with Crippen LogP contribution in [0.2, 0.25) is 0 Å². The predicted octanol–water partition coefficient (Wildman–Crippen LogP) is 2.28. The lowest BCUT2D eigenvalue weighted by atomic mass is 9.81. The minimum atomic E-state index is 0.168. The summed E-state index contributed by atoms with van der Waals surface area (Å²) in [6.07, 6.45) is 5.17. The maximum atomic E-state index is 5.86. The Balaban J connectivity index is 1.96. The van der Waals surface area contributed by atoms with Crippen LogP contribution in [0.25, 0.3) is 0 Å². The van der Waals surface area contributed by atoms with Crippen molar-refractivity contribution in [3.05, 3.63) is 0 Å². The highest BCUT2D eigenvalue weighted by Crippen LogP contribution is 2.34. The first-order chi connectivity index (χ1) is 9.94. The fourth-order valence-electron chi connectivity index (χ4n) is 3.15. The van der Waals surface area contributed by atoms with E-state index in [1.165, 1.54) is 25.7 Å². The Kier molecular flexibility index (Phi) is 6.06. The van der Waals surface area contributed by atoms with Crippen molar-refractivity contribution in [3.63, 3.8) is 0 Å². The Labute approximate surface area is 130 Å². The van der Waals surface area contributed by atoms with Gasteiger partial charge in [-0.1, -0.05) is 0 Å². The zero-order chi connectivity index (χ0) is 15.3. The minimum Gasteiger partial charge on any atom is -0.383 e. The molecule has 1 aliphatic heterocycles. The SMILES string of the molecule is COCCN(CC1(CNC(C)(C)C)CCCOC1)C1CC1. The number of hydrogen-bond donors (Lipinski definition) is 1. The van der Waals surface area contributed by atoms with Crippen molar-refractivity contribution in [1.29, 1.82) is 0 Å². The quantitative estimate of drug-likeness (QED) is 0.745. The molecule has 1 saturated heterocycles. The molecular weight excluding hydrogens is 264 g/mol. The Hall–Kier alpha value is -0.160. The van der Waals surface area contributed by atoms with Crippen LogP contribution in [0.4, 0.5) is 0 Å². The monoisotopic (exact) mass is 298 g/mol. The molecule has 0 aromatic rings. The van der Waals surface area contributed by atoms with E-state index in [4.69, 9.17) is 9.47 Å². The first-order valence-electron chi connectivity index (χ1n) is 8.50. The largest absolute Gasteiger partial charge is 0.383 e. The zero-order valence-corrected chi connectivity index (χ0v) is 14.4. The van der Waals surface area contributed by atoms with Crippen molar-refractivity contribution in [2.75, 3.05) is 46.6 Å². The number of hydrogen-bond acceptors (Lipinski definition) is 4. The molecule has 2 aliphatic rings. The molecule has 0 amide bonds.